The van der Waals surface area contributed by atoms with E-state index in [4.69, 9.17) is 9.68 Å². The first kappa shape index (κ1) is 15.4. The summed E-state index contributed by atoms with van der Waals surface area (Å²) in [6, 6.07) is 3.32. The Kier molecular flexibility index (Phi) is 4.26. The number of carbonyl (C=O) groups excluding carboxylic acids is 1. The van der Waals surface area contributed by atoms with Crippen molar-refractivity contribution >= 4 is 23.2 Å². The summed E-state index contributed by atoms with van der Waals surface area (Å²) in [5.41, 5.74) is 1.43. The maximum atomic E-state index is 11.1. The zero-order valence-electron chi connectivity index (χ0n) is 13.2. The lowest BCUT2D eigenvalue weighted by molar-refractivity contribution is -0.111. The highest BCUT2D eigenvalue weighted by Gasteiger charge is 2.33. The molecule has 1 saturated heterocycles. The van der Waals surface area contributed by atoms with Gasteiger partial charge < -0.3 is 14.1 Å². The maximum absolute atomic E-state index is 11.1. The molecular weight excluding hydrogens is 294 g/mol. The molecule has 0 bridgehead atoms. The minimum atomic E-state index is -0.688. The van der Waals surface area contributed by atoms with E-state index in [1.165, 1.54) is 6.33 Å². The number of carbonyl (C=O) groups is 1. The summed E-state index contributed by atoms with van der Waals surface area (Å²) in [6.45, 7) is 3.57. The van der Waals surface area contributed by atoms with Gasteiger partial charge in [-0.15, -0.1) is 0 Å². The highest BCUT2D eigenvalue weighted by molar-refractivity contribution is 5.83. The Balaban J connectivity index is 1.88. The van der Waals surface area contributed by atoms with Gasteiger partial charge in [-0.2, -0.15) is 5.26 Å². The van der Waals surface area contributed by atoms with Gasteiger partial charge in [0.2, 0.25) is 0 Å². The third kappa shape index (κ3) is 2.78. The maximum Gasteiger partial charge on any atom is 0.194 e. The number of fused-ring (bicyclic) bond motifs is 1. The topological polar surface area (TPSA) is 86.3 Å². The van der Waals surface area contributed by atoms with Crippen LogP contribution < -0.4 is 4.90 Å². The molecular formula is C16H19N5O2. The fraction of sp³-hybridized carbons (Fsp3) is 0.500. The van der Waals surface area contributed by atoms with Gasteiger partial charge in [0.05, 0.1) is 12.3 Å². The number of hydrogen-bond donors (Lipinski definition) is 0. The average molecular weight is 313 g/mol. The molecule has 0 saturated carbocycles. The lowest BCUT2D eigenvalue weighted by Crippen LogP contribution is -2.54. The molecule has 1 aliphatic rings. The first-order chi connectivity index (χ1) is 11.2. The molecule has 120 valence electrons. The minimum absolute atomic E-state index is 0.141. The van der Waals surface area contributed by atoms with E-state index in [1.807, 2.05) is 18.0 Å². The van der Waals surface area contributed by atoms with Gasteiger partial charge in [0.25, 0.3) is 0 Å². The number of likely N-dealkylation sites (N-methyl/N-ethyl adjacent to an activating group) is 1. The van der Waals surface area contributed by atoms with E-state index >= 15 is 0 Å². The predicted octanol–water partition coefficient (Wildman–Crippen LogP) is 1.46. The number of furan rings is 1. The molecule has 3 heterocycles. The Morgan fingerprint density at radius 1 is 1.57 bits per heavy atom. The van der Waals surface area contributed by atoms with Crippen molar-refractivity contribution < 1.29 is 9.21 Å². The van der Waals surface area contributed by atoms with Gasteiger partial charge in [0.1, 0.15) is 11.8 Å². The van der Waals surface area contributed by atoms with Crippen LogP contribution in [0.2, 0.25) is 0 Å². The average Bonchev–Trinajstić information content (AvgIpc) is 3.05. The molecule has 0 radical (unpaired) electrons. The number of aldehydes is 1. The quantitative estimate of drug-likeness (QED) is 0.790. The first-order valence-corrected chi connectivity index (χ1v) is 7.65. The summed E-state index contributed by atoms with van der Waals surface area (Å²) >= 11 is 0. The second-order valence-electron chi connectivity index (χ2n) is 5.98. The molecule has 0 spiro atoms. The van der Waals surface area contributed by atoms with Crippen LogP contribution in [0.3, 0.4) is 0 Å². The molecule has 1 aliphatic heterocycles. The van der Waals surface area contributed by atoms with E-state index in [9.17, 15) is 4.79 Å². The van der Waals surface area contributed by atoms with Crippen LogP contribution in [0.4, 0.5) is 5.82 Å². The lowest BCUT2D eigenvalue weighted by Gasteiger charge is -2.42. The van der Waals surface area contributed by atoms with Gasteiger partial charge in [-0.05, 0) is 12.3 Å². The Hall–Kier alpha value is -2.46. The molecule has 3 rings (SSSR count). The summed E-state index contributed by atoms with van der Waals surface area (Å²) < 4.78 is 5.52. The van der Waals surface area contributed by atoms with Gasteiger partial charge in [0, 0.05) is 32.2 Å². The zero-order chi connectivity index (χ0) is 16.4. The van der Waals surface area contributed by atoms with Crippen LogP contribution in [0.25, 0.3) is 11.1 Å². The van der Waals surface area contributed by atoms with E-state index in [0.29, 0.717) is 24.3 Å². The standard InChI is InChI=1S/C16H19N5O2/c1-11-3-5-21(12(7-17)9-22)8-14(11)20(2)16-15-13(4-6-23-15)18-10-19-16/h4,6,9-12,14H,3,5,8H2,1-2H3/t11-,12?,14+/m1/s1. The van der Waals surface area contributed by atoms with Gasteiger partial charge in [0.15, 0.2) is 23.7 Å². The fourth-order valence-corrected chi connectivity index (χ4v) is 3.21. The molecule has 0 N–H and O–H groups in total. The number of hydrogen-bond acceptors (Lipinski definition) is 7. The SMILES string of the molecule is C[C@@H]1CCN(C(C#N)C=O)C[C@@H]1N(C)c1ncnc2ccoc12. The summed E-state index contributed by atoms with van der Waals surface area (Å²) in [7, 11) is 1.97. The van der Waals surface area contributed by atoms with Crippen LogP contribution in [0, 0.1) is 17.2 Å². The highest BCUT2D eigenvalue weighted by Crippen LogP contribution is 2.29. The third-order valence-electron chi connectivity index (χ3n) is 4.66. The van der Waals surface area contributed by atoms with Crippen LogP contribution in [0.1, 0.15) is 13.3 Å². The van der Waals surface area contributed by atoms with E-state index in [1.54, 1.807) is 6.26 Å². The van der Waals surface area contributed by atoms with Crippen molar-refractivity contribution in [2.45, 2.75) is 25.4 Å². The molecule has 0 aromatic carbocycles. The molecule has 3 atom stereocenters. The number of rotatable bonds is 4. The van der Waals surface area contributed by atoms with Crippen LogP contribution in [0.5, 0.6) is 0 Å². The van der Waals surface area contributed by atoms with Gasteiger partial charge >= 0.3 is 0 Å². The van der Waals surface area contributed by atoms with Crippen LogP contribution in [0.15, 0.2) is 23.1 Å². The number of piperidine rings is 1. The largest absolute Gasteiger partial charge is 0.459 e. The number of nitriles is 1. The Morgan fingerprint density at radius 3 is 3.13 bits per heavy atom. The smallest absolute Gasteiger partial charge is 0.194 e. The number of anilines is 1. The van der Waals surface area contributed by atoms with Gasteiger partial charge in [-0.3, -0.25) is 4.90 Å². The molecule has 1 unspecified atom stereocenters. The number of nitrogens with zero attached hydrogens (tertiary/aromatic N) is 5. The number of aromatic nitrogens is 2. The van der Waals surface area contributed by atoms with Gasteiger partial charge in [-0.25, -0.2) is 9.97 Å². The van der Waals surface area contributed by atoms with Crippen LogP contribution >= 0.6 is 0 Å². The third-order valence-corrected chi connectivity index (χ3v) is 4.66. The molecule has 23 heavy (non-hydrogen) atoms. The summed E-state index contributed by atoms with van der Waals surface area (Å²) in [6.07, 6.45) is 4.76. The fourth-order valence-electron chi connectivity index (χ4n) is 3.21. The predicted molar refractivity (Wildman–Crippen MR) is 84.8 cm³/mol. The first-order valence-electron chi connectivity index (χ1n) is 7.65. The van der Waals surface area contributed by atoms with E-state index < -0.39 is 6.04 Å². The second-order valence-corrected chi connectivity index (χ2v) is 5.98. The van der Waals surface area contributed by atoms with Crippen molar-refractivity contribution in [1.29, 1.82) is 5.26 Å². The van der Waals surface area contributed by atoms with Crippen molar-refractivity contribution in [2.75, 3.05) is 25.0 Å². The molecule has 0 amide bonds. The normalized spacial score (nSPS) is 23.3. The van der Waals surface area contributed by atoms with E-state index in [-0.39, 0.29) is 6.04 Å². The summed E-state index contributed by atoms with van der Waals surface area (Å²) in [5.74, 6) is 1.15. The van der Waals surface area contributed by atoms with Crippen LogP contribution in [-0.2, 0) is 4.79 Å². The minimum Gasteiger partial charge on any atom is -0.459 e. The molecule has 7 nitrogen and oxygen atoms in total. The van der Waals surface area contributed by atoms with Gasteiger partial charge in [-0.1, -0.05) is 6.92 Å². The van der Waals surface area contributed by atoms with Crippen molar-refractivity contribution in [2.24, 2.45) is 5.92 Å². The van der Waals surface area contributed by atoms with Crippen LogP contribution in [-0.4, -0.2) is 53.4 Å². The molecule has 1 fully saturated rings. The number of likely N-dealkylation sites (tertiary alicyclic amines) is 1. The van der Waals surface area contributed by atoms with E-state index in [2.05, 4.69) is 27.9 Å². The summed E-state index contributed by atoms with van der Waals surface area (Å²) in [5, 5.41) is 9.13. The second kappa shape index (κ2) is 6.34. The molecule has 7 heteroatoms. The molecule has 0 aliphatic carbocycles. The monoisotopic (exact) mass is 313 g/mol. The zero-order valence-corrected chi connectivity index (χ0v) is 13.2. The lowest BCUT2D eigenvalue weighted by atomic mass is 9.91. The van der Waals surface area contributed by atoms with Crippen molar-refractivity contribution in [1.82, 2.24) is 14.9 Å². The van der Waals surface area contributed by atoms with Crippen molar-refractivity contribution in [3.05, 3.63) is 18.7 Å². The van der Waals surface area contributed by atoms with Crippen molar-refractivity contribution in [3.8, 4) is 6.07 Å². The Labute approximate surface area is 134 Å². The van der Waals surface area contributed by atoms with Crippen molar-refractivity contribution in [3.63, 3.8) is 0 Å². The van der Waals surface area contributed by atoms with E-state index in [0.717, 1.165) is 24.3 Å². The molecule has 2 aromatic rings. The Bertz CT molecular complexity index is 737. The Morgan fingerprint density at radius 2 is 2.39 bits per heavy atom. The highest BCUT2D eigenvalue weighted by atomic mass is 16.3. The summed E-state index contributed by atoms with van der Waals surface area (Å²) in [4.78, 5) is 23.6. The molecule has 2 aromatic heterocycles.